The molecule has 0 aliphatic heterocycles. The molecular formula is C8H11N3O. The zero-order chi connectivity index (χ0) is 8.81. The molecule has 0 fully saturated rings. The van der Waals surface area contributed by atoms with Crippen LogP contribution in [0.25, 0.3) is 0 Å². The fourth-order valence-electron chi connectivity index (χ4n) is 0.666. The maximum Gasteiger partial charge on any atom is 0.123 e. The molecule has 0 radical (unpaired) electrons. The molecule has 2 N–H and O–H groups in total. The molecule has 1 heterocycles. The Balaban J connectivity index is 2.58. The Kier molecular flexibility index (Phi) is 3.07. The maximum absolute atomic E-state index is 5.39. The lowest BCUT2D eigenvalue weighted by molar-refractivity contribution is 0.160. The minimum atomic E-state index is 0.503. The van der Waals surface area contributed by atoms with Crippen LogP contribution in [0.3, 0.4) is 0 Å². The van der Waals surface area contributed by atoms with E-state index in [1.807, 2.05) is 13.0 Å². The lowest BCUT2D eigenvalue weighted by Gasteiger charge is -1.93. The average molecular weight is 165 g/mol. The number of nitrogens with two attached hydrogens (primary N) is 1. The molecule has 0 aliphatic rings. The van der Waals surface area contributed by atoms with E-state index < -0.39 is 0 Å². The molecule has 0 saturated carbocycles. The van der Waals surface area contributed by atoms with E-state index in [1.165, 1.54) is 0 Å². The van der Waals surface area contributed by atoms with Crippen molar-refractivity contribution in [1.82, 2.24) is 4.98 Å². The van der Waals surface area contributed by atoms with Crippen molar-refractivity contribution in [3.63, 3.8) is 0 Å². The number of hydrogen-bond donors (Lipinski definition) is 1. The second-order valence-corrected chi connectivity index (χ2v) is 2.17. The van der Waals surface area contributed by atoms with Crippen LogP contribution in [0, 0.1) is 0 Å². The molecule has 12 heavy (non-hydrogen) atoms. The number of aromatic nitrogens is 1. The molecule has 0 aromatic carbocycles. The topological polar surface area (TPSA) is 60.5 Å². The highest BCUT2D eigenvalue weighted by molar-refractivity contribution is 5.78. The second kappa shape index (κ2) is 4.33. The Morgan fingerprint density at radius 2 is 2.50 bits per heavy atom. The van der Waals surface area contributed by atoms with Gasteiger partial charge in [-0.1, -0.05) is 5.16 Å². The van der Waals surface area contributed by atoms with Crippen molar-refractivity contribution in [2.24, 2.45) is 5.16 Å². The number of anilines is 1. The molecule has 1 aromatic rings. The summed E-state index contributed by atoms with van der Waals surface area (Å²) >= 11 is 0. The number of hydrogen-bond acceptors (Lipinski definition) is 4. The van der Waals surface area contributed by atoms with Gasteiger partial charge in [0.25, 0.3) is 0 Å². The third-order valence-electron chi connectivity index (χ3n) is 1.21. The number of rotatable bonds is 3. The number of pyridine rings is 1. The van der Waals surface area contributed by atoms with Gasteiger partial charge in [0.15, 0.2) is 0 Å². The van der Waals surface area contributed by atoms with Gasteiger partial charge >= 0.3 is 0 Å². The largest absolute Gasteiger partial charge is 0.396 e. The Morgan fingerprint density at radius 3 is 3.08 bits per heavy atom. The summed E-state index contributed by atoms with van der Waals surface area (Å²) in [5.41, 5.74) is 6.27. The maximum atomic E-state index is 5.39. The highest BCUT2D eigenvalue weighted by Crippen LogP contribution is 1.97. The standard InChI is InChI=1S/C8H11N3O/c1-2-12-11-6-7-3-4-8(9)10-5-7/h3-6H,2H2,1H3,(H2,9,10). The van der Waals surface area contributed by atoms with Crippen LogP contribution in [-0.4, -0.2) is 17.8 Å². The van der Waals surface area contributed by atoms with Crippen LogP contribution < -0.4 is 5.73 Å². The highest BCUT2D eigenvalue weighted by atomic mass is 16.6. The van der Waals surface area contributed by atoms with E-state index in [0.29, 0.717) is 12.4 Å². The zero-order valence-electron chi connectivity index (χ0n) is 6.90. The van der Waals surface area contributed by atoms with E-state index in [1.54, 1.807) is 18.5 Å². The van der Waals surface area contributed by atoms with Crippen LogP contribution in [-0.2, 0) is 4.84 Å². The van der Waals surface area contributed by atoms with Crippen molar-refractivity contribution in [1.29, 1.82) is 0 Å². The van der Waals surface area contributed by atoms with Crippen LogP contribution in [0.15, 0.2) is 23.5 Å². The molecule has 0 unspecified atom stereocenters. The lowest BCUT2D eigenvalue weighted by atomic mass is 10.3. The van der Waals surface area contributed by atoms with E-state index in [4.69, 9.17) is 10.6 Å². The molecule has 0 bridgehead atoms. The molecular weight excluding hydrogens is 154 g/mol. The molecule has 0 aliphatic carbocycles. The summed E-state index contributed by atoms with van der Waals surface area (Å²) in [7, 11) is 0. The Bertz CT molecular complexity index is 256. The summed E-state index contributed by atoms with van der Waals surface area (Å²) in [5, 5.41) is 3.68. The third-order valence-corrected chi connectivity index (χ3v) is 1.21. The first-order valence-electron chi connectivity index (χ1n) is 3.70. The summed E-state index contributed by atoms with van der Waals surface area (Å²) in [5.74, 6) is 0.503. The van der Waals surface area contributed by atoms with E-state index in [9.17, 15) is 0 Å². The Morgan fingerprint density at radius 1 is 1.67 bits per heavy atom. The summed E-state index contributed by atoms with van der Waals surface area (Å²) in [6, 6.07) is 3.54. The quantitative estimate of drug-likeness (QED) is 0.537. The van der Waals surface area contributed by atoms with Crippen LogP contribution >= 0.6 is 0 Å². The van der Waals surface area contributed by atoms with E-state index in [2.05, 4.69) is 10.1 Å². The predicted molar refractivity (Wildman–Crippen MR) is 47.9 cm³/mol. The van der Waals surface area contributed by atoms with Crippen LogP contribution in [0.2, 0.25) is 0 Å². The molecule has 1 aromatic heterocycles. The summed E-state index contributed by atoms with van der Waals surface area (Å²) < 4.78 is 0. The van der Waals surface area contributed by atoms with Gasteiger partial charge in [-0.15, -0.1) is 0 Å². The molecule has 4 nitrogen and oxygen atoms in total. The zero-order valence-corrected chi connectivity index (χ0v) is 6.90. The molecule has 64 valence electrons. The molecule has 0 amide bonds. The number of oxime groups is 1. The van der Waals surface area contributed by atoms with Gasteiger partial charge < -0.3 is 10.6 Å². The van der Waals surface area contributed by atoms with Gasteiger partial charge in [0.1, 0.15) is 12.4 Å². The molecule has 0 atom stereocenters. The first kappa shape index (κ1) is 8.52. The third kappa shape index (κ3) is 2.57. The van der Waals surface area contributed by atoms with Gasteiger partial charge in [-0.3, -0.25) is 0 Å². The van der Waals surface area contributed by atoms with Gasteiger partial charge in [-0.2, -0.15) is 0 Å². The van der Waals surface area contributed by atoms with Crippen LogP contribution in [0.5, 0.6) is 0 Å². The summed E-state index contributed by atoms with van der Waals surface area (Å²) in [4.78, 5) is 8.67. The van der Waals surface area contributed by atoms with Crippen molar-refractivity contribution in [3.05, 3.63) is 23.9 Å². The monoisotopic (exact) mass is 165 g/mol. The number of nitrogens with zero attached hydrogens (tertiary/aromatic N) is 2. The van der Waals surface area contributed by atoms with Crippen molar-refractivity contribution in [3.8, 4) is 0 Å². The fourth-order valence-corrected chi connectivity index (χ4v) is 0.666. The first-order valence-corrected chi connectivity index (χ1v) is 3.70. The van der Waals surface area contributed by atoms with Crippen molar-refractivity contribution < 1.29 is 4.84 Å². The number of nitrogen functional groups attached to an aromatic ring is 1. The first-order chi connectivity index (χ1) is 5.83. The van der Waals surface area contributed by atoms with Crippen LogP contribution in [0.1, 0.15) is 12.5 Å². The minimum Gasteiger partial charge on any atom is -0.396 e. The molecule has 0 saturated heterocycles. The van der Waals surface area contributed by atoms with E-state index >= 15 is 0 Å². The molecule has 4 heteroatoms. The highest BCUT2D eigenvalue weighted by Gasteiger charge is 1.87. The minimum absolute atomic E-state index is 0.503. The summed E-state index contributed by atoms with van der Waals surface area (Å²) in [6.07, 6.45) is 3.23. The normalized spacial score (nSPS) is 10.4. The second-order valence-electron chi connectivity index (χ2n) is 2.17. The molecule has 1 rings (SSSR count). The smallest absolute Gasteiger partial charge is 0.123 e. The van der Waals surface area contributed by atoms with E-state index in [0.717, 1.165) is 5.56 Å². The van der Waals surface area contributed by atoms with Gasteiger partial charge in [0, 0.05) is 11.8 Å². The van der Waals surface area contributed by atoms with Crippen LogP contribution in [0.4, 0.5) is 5.82 Å². The fraction of sp³-hybridized carbons (Fsp3) is 0.250. The van der Waals surface area contributed by atoms with Gasteiger partial charge in [0.2, 0.25) is 0 Å². The Labute approximate surface area is 71.0 Å². The SMILES string of the molecule is CCON=Cc1ccc(N)nc1. The van der Waals surface area contributed by atoms with Crippen molar-refractivity contribution in [2.45, 2.75) is 6.92 Å². The van der Waals surface area contributed by atoms with Gasteiger partial charge in [-0.25, -0.2) is 4.98 Å². The van der Waals surface area contributed by atoms with Gasteiger partial charge in [-0.05, 0) is 19.1 Å². The van der Waals surface area contributed by atoms with Gasteiger partial charge in [0.05, 0.1) is 6.21 Å². The van der Waals surface area contributed by atoms with Crippen molar-refractivity contribution >= 4 is 12.0 Å². The van der Waals surface area contributed by atoms with Crippen molar-refractivity contribution in [2.75, 3.05) is 12.3 Å². The summed E-state index contributed by atoms with van der Waals surface area (Å²) in [6.45, 7) is 2.44. The van der Waals surface area contributed by atoms with E-state index in [-0.39, 0.29) is 0 Å². The predicted octanol–water partition coefficient (Wildman–Crippen LogP) is 1.03. The average Bonchev–Trinajstić information content (AvgIpc) is 2.09. The lowest BCUT2D eigenvalue weighted by Crippen LogP contribution is -1.91. The Hall–Kier alpha value is -1.58. The molecule has 0 spiro atoms.